The minimum Gasteiger partial charge on any atom is -0.497 e. The molecule has 2 aromatic rings. The Bertz CT molecular complexity index is 943. The third-order valence-corrected chi connectivity index (χ3v) is 6.71. The number of aliphatic hydroxyl groups excluding tert-OH is 1. The SMILES string of the molecule is CCC(=O)N1CC2(CCN(C(C)=O)CC2)c2c([nH]c3cc(OC)ccc23)[C@@H]1CO. The second-order valence-corrected chi connectivity index (χ2v) is 8.19. The number of ether oxygens (including phenoxy) is 1. The first-order valence-corrected chi connectivity index (χ1v) is 10.3. The number of benzene rings is 1. The van der Waals surface area contributed by atoms with E-state index in [2.05, 4.69) is 11.1 Å². The summed E-state index contributed by atoms with van der Waals surface area (Å²) in [7, 11) is 1.64. The quantitative estimate of drug-likeness (QED) is 0.830. The summed E-state index contributed by atoms with van der Waals surface area (Å²) in [6.07, 6.45) is 1.99. The van der Waals surface area contributed by atoms with E-state index in [0.29, 0.717) is 26.1 Å². The van der Waals surface area contributed by atoms with Gasteiger partial charge in [0.05, 0.1) is 19.8 Å². The van der Waals surface area contributed by atoms with Crippen molar-refractivity contribution in [3.8, 4) is 5.75 Å². The molecular formula is C22H29N3O4. The molecular weight excluding hydrogens is 370 g/mol. The standard InChI is InChI=1S/C22H29N3O4/c1-4-19(28)25-13-22(7-9-24(10-8-22)14(2)27)20-16-6-5-15(29-3)11-17(16)23-21(20)18(25)12-26/h5-6,11,18,23,26H,4,7-10,12-13H2,1-3H3/t18-/m0/s1. The highest BCUT2D eigenvalue weighted by atomic mass is 16.5. The van der Waals surface area contributed by atoms with Gasteiger partial charge in [-0.25, -0.2) is 0 Å². The van der Waals surface area contributed by atoms with Crippen LogP contribution in [-0.4, -0.2) is 65.1 Å². The minimum atomic E-state index is -0.382. The molecule has 0 unspecified atom stereocenters. The average molecular weight is 399 g/mol. The van der Waals surface area contributed by atoms with Crippen LogP contribution in [0.1, 0.15) is 50.4 Å². The Balaban J connectivity index is 1.88. The van der Waals surface area contributed by atoms with Crippen LogP contribution in [-0.2, 0) is 15.0 Å². The largest absolute Gasteiger partial charge is 0.497 e. The molecule has 1 aromatic heterocycles. The Kier molecular flexibility index (Phi) is 5.02. The maximum atomic E-state index is 12.8. The maximum absolute atomic E-state index is 12.8. The molecule has 2 aliphatic rings. The zero-order valence-corrected chi connectivity index (χ0v) is 17.3. The van der Waals surface area contributed by atoms with Crippen LogP contribution in [0.4, 0.5) is 0 Å². The first-order valence-electron chi connectivity index (χ1n) is 10.3. The number of rotatable bonds is 3. The van der Waals surface area contributed by atoms with Crippen LogP contribution in [0.2, 0.25) is 0 Å². The number of hydrogen-bond acceptors (Lipinski definition) is 4. The fraction of sp³-hybridized carbons (Fsp3) is 0.545. The van der Waals surface area contributed by atoms with E-state index in [1.54, 1.807) is 14.0 Å². The topological polar surface area (TPSA) is 85.9 Å². The van der Waals surface area contributed by atoms with Gasteiger partial charge >= 0.3 is 0 Å². The number of H-pyrrole nitrogens is 1. The normalized spacial score (nSPS) is 20.8. The lowest BCUT2D eigenvalue weighted by atomic mass is 9.68. The highest BCUT2D eigenvalue weighted by Crippen LogP contribution is 2.49. The van der Waals surface area contributed by atoms with Gasteiger partial charge in [-0.15, -0.1) is 0 Å². The number of carbonyl (C=O) groups is 2. The van der Waals surface area contributed by atoms with Gasteiger partial charge in [0.2, 0.25) is 11.8 Å². The van der Waals surface area contributed by atoms with Crippen molar-refractivity contribution in [1.29, 1.82) is 0 Å². The number of piperidine rings is 1. The number of aliphatic hydroxyl groups is 1. The summed E-state index contributed by atoms with van der Waals surface area (Å²) < 4.78 is 5.38. The molecule has 3 heterocycles. The smallest absolute Gasteiger partial charge is 0.222 e. The first kappa shape index (κ1) is 19.8. The molecule has 1 spiro atoms. The van der Waals surface area contributed by atoms with E-state index >= 15 is 0 Å². The Morgan fingerprint density at radius 3 is 2.62 bits per heavy atom. The zero-order chi connectivity index (χ0) is 20.8. The summed E-state index contributed by atoms with van der Waals surface area (Å²) in [6, 6.07) is 5.60. The number of aromatic amines is 1. The molecule has 156 valence electrons. The molecule has 7 heteroatoms. The van der Waals surface area contributed by atoms with Gasteiger partial charge in [-0.1, -0.05) is 6.92 Å². The molecule has 1 atom stereocenters. The average Bonchev–Trinajstić information content (AvgIpc) is 3.12. The molecule has 1 fully saturated rings. The predicted molar refractivity (Wildman–Crippen MR) is 110 cm³/mol. The van der Waals surface area contributed by atoms with E-state index < -0.39 is 0 Å². The number of fused-ring (bicyclic) bond motifs is 4. The minimum absolute atomic E-state index is 0.0410. The number of hydrogen-bond donors (Lipinski definition) is 2. The third-order valence-electron chi connectivity index (χ3n) is 6.71. The van der Waals surface area contributed by atoms with E-state index in [1.807, 2.05) is 28.9 Å². The van der Waals surface area contributed by atoms with Crippen LogP contribution < -0.4 is 4.74 Å². The van der Waals surface area contributed by atoms with Crippen molar-refractivity contribution in [1.82, 2.24) is 14.8 Å². The van der Waals surface area contributed by atoms with Crippen LogP contribution in [0, 0.1) is 0 Å². The lowest BCUT2D eigenvalue weighted by Crippen LogP contribution is -2.55. The van der Waals surface area contributed by atoms with E-state index in [-0.39, 0.29) is 29.9 Å². The summed E-state index contributed by atoms with van der Waals surface area (Å²) in [6.45, 7) is 5.26. The second kappa shape index (κ2) is 7.37. The van der Waals surface area contributed by atoms with Crippen molar-refractivity contribution in [2.24, 2.45) is 0 Å². The van der Waals surface area contributed by atoms with E-state index in [4.69, 9.17) is 4.74 Å². The third kappa shape index (κ3) is 3.08. The van der Waals surface area contributed by atoms with Gasteiger partial charge < -0.3 is 24.6 Å². The van der Waals surface area contributed by atoms with Crippen molar-refractivity contribution in [3.63, 3.8) is 0 Å². The van der Waals surface area contributed by atoms with Gasteiger partial charge in [0.15, 0.2) is 0 Å². The van der Waals surface area contributed by atoms with Crippen LogP contribution in [0.3, 0.4) is 0 Å². The molecule has 4 rings (SSSR count). The van der Waals surface area contributed by atoms with Gasteiger partial charge in [0, 0.05) is 61.1 Å². The summed E-state index contributed by atoms with van der Waals surface area (Å²) in [5, 5.41) is 11.3. The number of carbonyl (C=O) groups excluding carboxylic acids is 2. The summed E-state index contributed by atoms with van der Waals surface area (Å²) in [5.41, 5.74) is 2.83. The second-order valence-electron chi connectivity index (χ2n) is 8.19. The summed E-state index contributed by atoms with van der Waals surface area (Å²) >= 11 is 0. The van der Waals surface area contributed by atoms with Crippen LogP contribution in [0.5, 0.6) is 5.75 Å². The number of amides is 2. The summed E-state index contributed by atoms with van der Waals surface area (Å²) in [4.78, 5) is 31.9. The van der Waals surface area contributed by atoms with E-state index in [1.165, 1.54) is 5.56 Å². The van der Waals surface area contributed by atoms with Crippen molar-refractivity contribution in [2.75, 3.05) is 33.4 Å². The Morgan fingerprint density at radius 1 is 1.31 bits per heavy atom. The van der Waals surface area contributed by atoms with Crippen molar-refractivity contribution in [3.05, 3.63) is 29.5 Å². The molecule has 1 saturated heterocycles. The van der Waals surface area contributed by atoms with Crippen molar-refractivity contribution < 1.29 is 19.4 Å². The Hall–Kier alpha value is -2.54. The number of likely N-dealkylation sites (tertiary alicyclic amines) is 1. The van der Waals surface area contributed by atoms with Crippen molar-refractivity contribution in [2.45, 2.75) is 44.6 Å². The fourth-order valence-corrected chi connectivity index (χ4v) is 5.13. The van der Waals surface area contributed by atoms with E-state index in [0.717, 1.165) is 35.2 Å². The van der Waals surface area contributed by atoms with Gasteiger partial charge in [-0.2, -0.15) is 0 Å². The first-order chi connectivity index (χ1) is 13.9. The lowest BCUT2D eigenvalue weighted by Gasteiger charge is -2.50. The Morgan fingerprint density at radius 2 is 2.03 bits per heavy atom. The fourth-order valence-electron chi connectivity index (χ4n) is 5.13. The molecule has 2 amide bonds. The molecule has 1 aromatic carbocycles. The van der Waals surface area contributed by atoms with Gasteiger partial charge in [0.1, 0.15) is 5.75 Å². The molecule has 0 aliphatic carbocycles. The number of methoxy groups -OCH3 is 1. The highest BCUT2D eigenvalue weighted by molar-refractivity contribution is 5.89. The van der Waals surface area contributed by atoms with Gasteiger partial charge in [-0.3, -0.25) is 9.59 Å². The lowest BCUT2D eigenvalue weighted by molar-refractivity contribution is -0.138. The number of nitrogens with one attached hydrogen (secondary N) is 1. The predicted octanol–water partition coefficient (Wildman–Crippen LogP) is 2.34. The molecule has 7 nitrogen and oxygen atoms in total. The van der Waals surface area contributed by atoms with Gasteiger partial charge in [0.25, 0.3) is 0 Å². The maximum Gasteiger partial charge on any atom is 0.222 e. The monoisotopic (exact) mass is 399 g/mol. The Labute approximate surface area is 170 Å². The van der Waals surface area contributed by atoms with Gasteiger partial charge in [-0.05, 0) is 30.5 Å². The molecule has 0 saturated carbocycles. The molecule has 29 heavy (non-hydrogen) atoms. The van der Waals surface area contributed by atoms with Crippen LogP contribution >= 0.6 is 0 Å². The summed E-state index contributed by atoms with van der Waals surface area (Å²) in [5.74, 6) is 0.896. The zero-order valence-electron chi connectivity index (χ0n) is 17.3. The van der Waals surface area contributed by atoms with E-state index in [9.17, 15) is 14.7 Å². The molecule has 2 aliphatic heterocycles. The van der Waals surface area contributed by atoms with Crippen LogP contribution in [0.15, 0.2) is 18.2 Å². The number of nitrogens with zero attached hydrogens (tertiary/aromatic N) is 2. The molecule has 0 radical (unpaired) electrons. The molecule has 2 N–H and O–H groups in total. The number of aromatic nitrogens is 1. The highest BCUT2D eigenvalue weighted by Gasteiger charge is 2.48. The molecule has 0 bridgehead atoms. The van der Waals surface area contributed by atoms with Crippen molar-refractivity contribution >= 4 is 22.7 Å². The van der Waals surface area contributed by atoms with Crippen LogP contribution in [0.25, 0.3) is 10.9 Å².